The molecule has 1 aliphatic rings. The van der Waals surface area contributed by atoms with Crippen LogP contribution in [0.5, 0.6) is 5.75 Å². The van der Waals surface area contributed by atoms with Gasteiger partial charge in [-0.05, 0) is 56.7 Å². The number of carbonyl (C=O) groups excluding carboxylic acids is 2. The highest BCUT2D eigenvalue weighted by molar-refractivity contribution is 6.08. The third kappa shape index (κ3) is 4.30. The molecule has 2 aromatic rings. The number of fused-ring (bicyclic) bond motifs is 1. The molecule has 1 aliphatic heterocycles. The summed E-state index contributed by atoms with van der Waals surface area (Å²) in [5, 5.41) is 0. The van der Waals surface area contributed by atoms with Crippen LogP contribution in [-0.2, 0) is 16.0 Å². The van der Waals surface area contributed by atoms with Crippen molar-refractivity contribution in [2.75, 3.05) is 18.1 Å². The molecule has 0 radical (unpaired) electrons. The molecule has 28 heavy (non-hydrogen) atoms. The molecule has 0 saturated heterocycles. The summed E-state index contributed by atoms with van der Waals surface area (Å²) in [4.78, 5) is 26.4. The van der Waals surface area contributed by atoms with Crippen LogP contribution in [0.25, 0.3) is 0 Å². The lowest BCUT2D eigenvalue weighted by molar-refractivity contribution is -0.152. The van der Waals surface area contributed by atoms with Crippen molar-refractivity contribution in [1.29, 1.82) is 0 Å². The van der Waals surface area contributed by atoms with Gasteiger partial charge in [0.15, 0.2) is 0 Å². The second-order valence-electron chi connectivity index (χ2n) is 7.46. The Labute approximate surface area is 161 Å². The van der Waals surface area contributed by atoms with Gasteiger partial charge in [0.05, 0.1) is 6.61 Å². The number of ether oxygens (including phenoxy) is 2. The highest BCUT2D eigenvalue weighted by atomic mass is 19.1. The second-order valence-corrected chi connectivity index (χ2v) is 7.46. The van der Waals surface area contributed by atoms with E-state index in [4.69, 9.17) is 9.47 Å². The van der Waals surface area contributed by atoms with E-state index >= 15 is 0 Å². The Kier molecular flexibility index (Phi) is 5.36. The molecule has 0 saturated carbocycles. The van der Waals surface area contributed by atoms with Crippen LogP contribution in [0.3, 0.4) is 0 Å². The van der Waals surface area contributed by atoms with Gasteiger partial charge in [-0.3, -0.25) is 14.5 Å². The summed E-state index contributed by atoms with van der Waals surface area (Å²) in [7, 11) is 0. The Hall–Kier alpha value is -2.96. The fourth-order valence-electron chi connectivity index (χ4n) is 2.96. The zero-order valence-electron chi connectivity index (χ0n) is 15.9. The number of rotatable bonds is 4. The number of hydrogen-bond acceptors (Lipinski definition) is 4. The number of esters is 1. The lowest BCUT2D eigenvalue weighted by atomic mass is 10.1. The van der Waals surface area contributed by atoms with Crippen molar-refractivity contribution in [3.05, 3.63) is 59.2 Å². The fraction of sp³-hybridized carbons (Fsp3) is 0.333. The smallest absolute Gasteiger partial charge is 0.326 e. The lowest BCUT2D eigenvalue weighted by Gasteiger charge is -2.26. The Bertz CT molecular complexity index is 901. The van der Waals surface area contributed by atoms with E-state index in [1.54, 1.807) is 39.0 Å². The molecule has 2 aromatic carbocycles. The first kappa shape index (κ1) is 19.8. The van der Waals surface area contributed by atoms with Crippen LogP contribution in [0.1, 0.15) is 36.7 Å². The summed E-state index contributed by atoms with van der Waals surface area (Å²) in [5.74, 6) is -2.95. The number of hydrogen-bond donors (Lipinski definition) is 0. The molecule has 0 N–H and O–H groups in total. The van der Waals surface area contributed by atoms with E-state index in [1.807, 2.05) is 0 Å². The van der Waals surface area contributed by atoms with Crippen LogP contribution in [0.2, 0.25) is 0 Å². The van der Waals surface area contributed by atoms with Gasteiger partial charge in [0, 0.05) is 12.1 Å². The standard InChI is InChI=1S/C21H21F2NO4/c1-21(2,3)28-18(25)12-24(14-7-8-17-13(11-14)9-10-27-17)20(26)19-15(22)5-4-6-16(19)23/h4-8,11H,9-10,12H2,1-3H3. The zero-order chi connectivity index (χ0) is 20.5. The molecule has 5 nitrogen and oxygen atoms in total. The van der Waals surface area contributed by atoms with Crippen molar-refractivity contribution in [3.8, 4) is 5.75 Å². The number of halogens is 2. The molecule has 0 fully saturated rings. The summed E-state index contributed by atoms with van der Waals surface area (Å²) in [5.41, 5.74) is -0.292. The number of anilines is 1. The van der Waals surface area contributed by atoms with Crippen molar-refractivity contribution < 1.29 is 27.8 Å². The number of amides is 1. The average Bonchev–Trinajstić information content (AvgIpc) is 3.05. The quantitative estimate of drug-likeness (QED) is 0.745. The summed E-state index contributed by atoms with van der Waals surface area (Å²) in [6.07, 6.45) is 0.645. The molecule has 1 amide bonds. The second kappa shape index (κ2) is 7.58. The Balaban J connectivity index is 1.99. The Morgan fingerprint density at radius 2 is 1.82 bits per heavy atom. The van der Waals surface area contributed by atoms with E-state index in [-0.39, 0.29) is 0 Å². The highest BCUT2D eigenvalue weighted by Gasteiger charge is 2.29. The van der Waals surface area contributed by atoms with Gasteiger partial charge in [-0.25, -0.2) is 8.78 Å². The monoisotopic (exact) mass is 389 g/mol. The molecule has 0 aromatic heterocycles. The normalized spacial score (nSPS) is 12.9. The summed E-state index contributed by atoms with van der Waals surface area (Å²) >= 11 is 0. The molecular weight excluding hydrogens is 368 g/mol. The van der Waals surface area contributed by atoms with Crippen molar-refractivity contribution in [1.82, 2.24) is 0 Å². The molecule has 0 aliphatic carbocycles. The maximum absolute atomic E-state index is 14.2. The maximum Gasteiger partial charge on any atom is 0.326 e. The summed E-state index contributed by atoms with van der Waals surface area (Å²) in [6.45, 7) is 5.12. The predicted octanol–water partition coefficient (Wildman–Crippen LogP) is 3.89. The first-order valence-electron chi connectivity index (χ1n) is 8.89. The molecule has 0 atom stereocenters. The van der Waals surface area contributed by atoms with E-state index < -0.39 is 41.2 Å². The lowest BCUT2D eigenvalue weighted by Crippen LogP contribution is -2.39. The number of carbonyl (C=O) groups is 2. The van der Waals surface area contributed by atoms with E-state index in [0.29, 0.717) is 24.5 Å². The molecule has 0 bridgehead atoms. The first-order valence-corrected chi connectivity index (χ1v) is 8.89. The molecule has 1 heterocycles. The number of benzene rings is 2. The zero-order valence-corrected chi connectivity index (χ0v) is 15.9. The van der Waals surface area contributed by atoms with Crippen LogP contribution in [0, 0.1) is 11.6 Å². The van der Waals surface area contributed by atoms with Crippen LogP contribution in [-0.4, -0.2) is 30.6 Å². The van der Waals surface area contributed by atoms with Crippen LogP contribution in [0.15, 0.2) is 36.4 Å². The number of nitrogens with zero attached hydrogens (tertiary/aromatic N) is 1. The van der Waals surface area contributed by atoms with Gasteiger partial charge in [0.1, 0.15) is 35.1 Å². The minimum absolute atomic E-state index is 0.336. The van der Waals surface area contributed by atoms with E-state index in [9.17, 15) is 18.4 Å². The van der Waals surface area contributed by atoms with Crippen LogP contribution in [0.4, 0.5) is 14.5 Å². The predicted molar refractivity (Wildman–Crippen MR) is 99.5 cm³/mol. The average molecular weight is 389 g/mol. The van der Waals surface area contributed by atoms with E-state index in [0.717, 1.165) is 22.6 Å². The minimum Gasteiger partial charge on any atom is -0.493 e. The van der Waals surface area contributed by atoms with Gasteiger partial charge in [0.25, 0.3) is 5.91 Å². The van der Waals surface area contributed by atoms with Gasteiger partial charge < -0.3 is 9.47 Å². The highest BCUT2D eigenvalue weighted by Crippen LogP contribution is 2.31. The minimum atomic E-state index is -0.997. The van der Waals surface area contributed by atoms with Crippen LogP contribution >= 0.6 is 0 Å². The van der Waals surface area contributed by atoms with Gasteiger partial charge in [0.2, 0.25) is 0 Å². The summed E-state index contributed by atoms with van der Waals surface area (Å²) < 4.78 is 39.1. The van der Waals surface area contributed by atoms with Crippen molar-refractivity contribution in [2.24, 2.45) is 0 Å². The maximum atomic E-state index is 14.2. The summed E-state index contributed by atoms with van der Waals surface area (Å²) in [6, 6.07) is 8.10. The topological polar surface area (TPSA) is 55.8 Å². The third-order valence-electron chi connectivity index (χ3n) is 4.11. The molecule has 0 unspecified atom stereocenters. The molecule has 3 rings (SSSR count). The van der Waals surface area contributed by atoms with Gasteiger partial charge in [-0.15, -0.1) is 0 Å². The van der Waals surface area contributed by atoms with Gasteiger partial charge in [-0.1, -0.05) is 6.07 Å². The molecule has 7 heteroatoms. The van der Waals surface area contributed by atoms with E-state index in [1.165, 1.54) is 6.07 Å². The van der Waals surface area contributed by atoms with Gasteiger partial charge >= 0.3 is 5.97 Å². The largest absolute Gasteiger partial charge is 0.493 e. The molecule has 148 valence electrons. The van der Waals surface area contributed by atoms with Crippen molar-refractivity contribution in [2.45, 2.75) is 32.8 Å². The van der Waals surface area contributed by atoms with Crippen molar-refractivity contribution >= 4 is 17.6 Å². The molecular formula is C21H21F2NO4. The molecule has 0 spiro atoms. The Morgan fingerprint density at radius 1 is 1.14 bits per heavy atom. The third-order valence-corrected chi connectivity index (χ3v) is 4.11. The fourth-order valence-corrected chi connectivity index (χ4v) is 2.96. The van der Waals surface area contributed by atoms with Gasteiger partial charge in [-0.2, -0.15) is 0 Å². The van der Waals surface area contributed by atoms with Crippen LogP contribution < -0.4 is 9.64 Å². The van der Waals surface area contributed by atoms with E-state index in [2.05, 4.69) is 0 Å². The first-order chi connectivity index (χ1) is 13.2. The van der Waals surface area contributed by atoms with Crippen molar-refractivity contribution in [3.63, 3.8) is 0 Å². The Morgan fingerprint density at radius 3 is 2.46 bits per heavy atom. The SMILES string of the molecule is CC(C)(C)OC(=O)CN(C(=O)c1c(F)cccc1F)c1ccc2c(c1)CCO2.